The number of hydrogen-bond acceptors (Lipinski definition) is 12. The summed E-state index contributed by atoms with van der Waals surface area (Å²) in [6, 6.07) is 28.0. The fourth-order valence-electron chi connectivity index (χ4n) is 8.32. The molecule has 0 unspecified atom stereocenters. The first-order valence-corrected chi connectivity index (χ1v) is 28.1. The molecule has 0 radical (unpaired) electrons. The van der Waals surface area contributed by atoms with Gasteiger partial charge in [-0.15, -0.1) is 0 Å². The van der Waals surface area contributed by atoms with Gasteiger partial charge in [0.05, 0.1) is 19.6 Å². The zero-order chi connectivity index (χ0) is 54.2. The second-order valence-electron chi connectivity index (χ2n) is 18.1. The van der Waals surface area contributed by atoms with Gasteiger partial charge in [-0.3, -0.25) is 9.11 Å². The van der Waals surface area contributed by atoms with E-state index in [1.165, 1.54) is 36.4 Å². The van der Waals surface area contributed by atoms with E-state index in [9.17, 15) is 51.9 Å². The van der Waals surface area contributed by atoms with Crippen molar-refractivity contribution < 1.29 is 61.0 Å². The number of nitrogens with zero attached hydrogens (tertiary/aromatic N) is 4. The Labute approximate surface area is 478 Å². The molecule has 6 aromatic carbocycles. The zero-order valence-corrected chi connectivity index (χ0v) is 49.8. The van der Waals surface area contributed by atoms with Crippen molar-refractivity contribution in [3.63, 3.8) is 0 Å². The summed E-state index contributed by atoms with van der Waals surface area (Å²) in [5.41, 5.74) is 9.21. The third-order valence-electron chi connectivity index (χ3n) is 12.2. The summed E-state index contributed by atoms with van der Waals surface area (Å²) in [4.78, 5) is 2.09. The minimum Gasteiger partial charge on any atom is -0.744 e. The van der Waals surface area contributed by atoms with Crippen LogP contribution < -0.4 is 9.80 Å². The molecule has 8 rings (SSSR count). The molecule has 21 heteroatoms. The smallest absolute Gasteiger partial charge is 0.744 e. The molecule has 0 saturated heterocycles. The van der Waals surface area contributed by atoms with Crippen LogP contribution in [0.5, 0.6) is 0 Å². The third-order valence-corrected chi connectivity index (χ3v) is 15.5. The van der Waals surface area contributed by atoms with Gasteiger partial charge in [0, 0.05) is 63.9 Å². The van der Waals surface area contributed by atoms with Crippen LogP contribution in [0.15, 0.2) is 189 Å². The molecule has 16 nitrogen and oxygen atoms in total. The number of benzene rings is 6. The van der Waals surface area contributed by atoms with Gasteiger partial charge in [0.1, 0.15) is 48.4 Å². The van der Waals surface area contributed by atoms with Crippen molar-refractivity contribution in [2.45, 2.75) is 19.6 Å². The van der Waals surface area contributed by atoms with Gasteiger partial charge in [-0.2, -0.15) is 16.8 Å². The molecule has 0 saturated carbocycles. The van der Waals surface area contributed by atoms with Crippen LogP contribution in [0.25, 0.3) is 32.7 Å². The molecule has 0 fully saturated rings. The van der Waals surface area contributed by atoms with Crippen LogP contribution in [0.4, 0.5) is 11.4 Å². The SMILES string of the molecule is CN(C)c1ccc(C(=C2C=CC(=[N+](C)C)C=C2)c2cc(S(=O)(=O)O)cc3cc(S(=O)(=O)[O-])ccc23)cc1.CN(C)c1ccc(C(=C2C=CC(=[N+](C)C)C=C2)c2cc(S(=O)(=O)O)cc3cc(S(=O)(=O)[O-])ccc23)cc1.[Ba+2]. The Morgan fingerprint density at radius 2 is 0.720 bits per heavy atom. The van der Waals surface area contributed by atoms with Crippen molar-refractivity contribution >= 4 is 145 Å². The molecular formula is C54H52BaN4O12S4+2. The summed E-state index contributed by atoms with van der Waals surface area (Å²) in [7, 11) is -3.51. The van der Waals surface area contributed by atoms with Gasteiger partial charge in [-0.25, -0.2) is 26.0 Å². The van der Waals surface area contributed by atoms with E-state index >= 15 is 0 Å². The van der Waals surface area contributed by atoms with E-state index in [4.69, 9.17) is 0 Å². The summed E-state index contributed by atoms with van der Waals surface area (Å²) in [6.45, 7) is 0. The van der Waals surface area contributed by atoms with Gasteiger partial charge in [-0.1, -0.05) is 36.4 Å². The van der Waals surface area contributed by atoms with E-state index in [0.717, 1.165) is 69.3 Å². The maximum Gasteiger partial charge on any atom is 2.00 e. The van der Waals surface area contributed by atoms with Crippen molar-refractivity contribution in [2.24, 2.45) is 0 Å². The monoisotopic (exact) mass is 1210 g/mol. The van der Waals surface area contributed by atoms with Gasteiger partial charge in [0.2, 0.25) is 0 Å². The third kappa shape index (κ3) is 13.7. The molecule has 2 aliphatic rings. The van der Waals surface area contributed by atoms with Gasteiger partial charge in [-0.05, 0) is 163 Å². The van der Waals surface area contributed by atoms with Crippen LogP contribution in [-0.2, 0) is 40.5 Å². The Hall–Kier alpha value is -5.57. The number of fused-ring (bicyclic) bond motifs is 2. The molecule has 0 aromatic heterocycles. The molecule has 0 heterocycles. The topological polar surface area (TPSA) is 236 Å². The molecule has 384 valence electrons. The summed E-state index contributed by atoms with van der Waals surface area (Å²) >= 11 is 0. The minimum absolute atomic E-state index is 0. The second-order valence-corrected chi connectivity index (χ2v) is 23.7. The first-order valence-electron chi connectivity index (χ1n) is 22.4. The molecule has 75 heavy (non-hydrogen) atoms. The predicted molar refractivity (Wildman–Crippen MR) is 294 cm³/mol. The number of rotatable bonds is 10. The molecule has 0 aliphatic heterocycles. The van der Waals surface area contributed by atoms with Crippen molar-refractivity contribution in [3.8, 4) is 0 Å². The summed E-state index contributed by atoms with van der Waals surface area (Å²) in [5.74, 6) is 0. The van der Waals surface area contributed by atoms with Gasteiger partial charge >= 0.3 is 48.9 Å². The van der Waals surface area contributed by atoms with Crippen molar-refractivity contribution in [1.82, 2.24) is 0 Å². The van der Waals surface area contributed by atoms with Gasteiger partial charge in [0.15, 0.2) is 11.4 Å². The molecule has 2 aliphatic carbocycles. The zero-order valence-electron chi connectivity index (χ0n) is 42.1. The maximum absolute atomic E-state index is 12.2. The van der Waals surface area contributed by atoms with Crippen molar-refractivity contribution in [2.75, 3.05) is 66.2 Å². The minimum atomic E-state index is -4.78. The van der Waals surface area contributed by atoms with Crippen molar-refractivity contribution in [1.29, 1.82) is 0 Å². The Kier molecular flexibility index (Phi) is 18.0. The first kappa shape index (κ1) is 58.7. The summed E-state index contributed by atoms with van der Waals surface area (Å²) in [5, 5.41) is 1.41. The molecule has 0 amide bonds. The quantitative estimate of drug-likeness (QED) is 0.0798. The average Bonchev–Trinajstić information content (AvgIpc) is 3.33. The van der Waals surface area contributed by atoms with Gasteiger partial charge < -0.3 is 18.9 Å². The van der Waals surface area contributed by atoms with E-state index in [1.807, 2.05) is 172 Å². The number of allylic oxidation sites excluding steroid dienone is 10. The molecule has 0 spiro atoms. The van der Waals surface area contributed by atoms with E-state index in [-0.39, 0.29) is 59.7 Å². The molecule has 0 bridgehead atoms. The van der Waals surface area contributed by atoms with Crippen LogP contribution >= 0.6 is 0 Å². The maximum atomic E-state index is 12.2. The first-order chi connectivity index (χ1) is 34.5. The fourth-order valence-corrected chi connectivity index (χ4v) is 10.4. The normalized spacial score (nSPS) is 13.6. The van der Waals surface area contributed by atoms with Crippen LogP contribution in [0.3, 0.4) is 0 Å². The Bertz CT molecular complexity index is 3710. The second kappa shape index (κ2) is 23.0. The van der Waals surface area contributed by atoms with Crippen LogP contribution in [-0.4, -0.2) is 178 Å². The van der Waals surface area contributed by atoms with E-state index < -0.39 is 60.1 Å². The van der Waals surface area contributed by atoms with E-state index in [1.54, 1.807) is 0 Å². The predicted octanol–water partition coefficient (Wildman–Crippen LogP) is 7.01. The van der Waals surface area contributed by atoms with E-state index in [0.29, 0.717) is 33.0 Å². The number of anilines is 2. The fraction of sp³-hybridized carbons (Fsp3) is 0.148. The summed E-state index contributed by atoms with van der Waals surface area (Å²) < 4.78 is 142. The van der Waals surface area contributed by atoms with Crippen LogP contribution in [0.1, 0.15) is 22.3 Å². The standard InChI is InChI=1S/2C27H26N2O6S2.Ba/c2*1-28(2)21-9-5-18(6-10-21)27(19-7-11-22(12-8-19)29(3)4)26-17-24(37(33,34)35)16-20-15-23(36(30,31)32)13-14-25(20)26;/h2*5-17H,1-4H3,(H-,30,31,32,33,34,35);/q;;+2. The van der Waals surface area contributed by atoms with Crippen LogP contribution in [0, 0.1) is 0 Å². The Morgan fingerprint density at radius 1 is 0.427 bits per heavy atom. The largest absolute Gasteiger partial charge is 2.00 e. The van der Waals surface area contributed by atoms with Gasteiger partial charge in [0.25, 0.3) is 20.2 Å². The average molecular weight is 1210 g/mol. The Morgan fingerprint density at radius 3 is 0.973 bits per heavy atom. The molecule has 6 aromatic rings. The molecular weight excluding hydrogens is 1160 g/mol. The molecule has 2 N–H and O–H groups in total. The van der Waals surface area contributed by atoms with E-state index in [2.05, 4.69) is 0 Å². The van der Waals surface area contributed by atoms with Crippen LogP contribution in [0.2, 0.25) is 0 Å². The molecule has 0 atom stereocenters. The Balaban J connectivity index is 0.000000241. The van der Waals surface area contributed by atoms with Crippen molar-refractivity contribution in [3.05, 3.63) is 191 Å². The number of hydrogen-bond donors (Lipinski definition) is 2. The summed E-state index contributed by atoms with van der Waals surface area (Å²) in [6.07, 6.45) is 15.4.